The van der Waals surface area contributed by atoms with Gasteiger partial charge < -0.3 is 5.32 Å². The zero-order valence-corrected chi connectivity index (χ0v) is 10.3. The third-order valence-electron chi connectivity index (χ3n) is 2.28. The van der Waals surface area contributed by atoms with Gasteiger partial charge in [-0.25, -0.2) is 0 Å². The third kappa shape index (κ3) is 4.50. The molecule has 0 bridgehead atoms. The molecule has 15 heavy (non-hydrogen) atoms. The molecule has 0 aromatic heterocycles. The van der Waals surface area contributed by atoms with Crippen molar-refractivity contribution in [1.29, 1.82) is 0 Å². The Labute approximate surface area is 97.1 Å². The lowest BCUT2D eigenvalue weighted by Crippen LogP contribution is -2.18. The van der Waals surface area contributed by atoms with Gasteiger partial charge in [0, 0.05) is 17.6 Å². The molecule has 0 saturated heterocycles. The molecule has 1 nitrogen and oxygen atoms in total. The van der Waals surface area contributed by atoms with Crippen LogP contribution in [0.15, 0.2) is 35.9 Å². The van der Waals surface area contributed by atoms with Gasteiger partial charge in [0.1, 0.15) is 0 Å². The van der Waals surface area contributed by atoms with Crippen LogP contribution in [-0.4, -0.2) is 6.54 Å². The molecule has 0 aliphatic carbocycles. The first-order valence-corrected chi connectivity index (χ1v) is 5.59. The summed E-state index contributed by atoms with van der Waals surface area (Å²) in [5.41, 5.74) is 2.56. The van der Waals surface area contributed by atoms with Crippen molar-refractivity contribution in [2.45, 2.75) is 26.8 Å². The van der Waals surface area contributed by atoms with Gasteiger partial charge in [-0.1, -0.05) is 35.4 Å². The fraction of sp³-hybridized carbons (Fsp3) is 0.385. The van der Waals surface area contributed by atoms with Crippen molar-refractivity contribution in [2.24, 2.45) is 0 Å². The number of rotatable bonds is 4. The quantitative estimate of drug-likeness (QED) is 0.762. The van der Waals surface area contributed by atoms with E-state index in [9.17, 15) is 0 Å². The van der Waals surface area contributed by atoms with Crippen molar-refractivity contribution >= 4 is 11.6 Å². The van der Waals surface area contributed by atoms with Crippen LogP contribution >= 0.6 is 11.6 Å². The van der Waals surface area contributed by atoms with E-state index in [4.69, 9.17) is 11.6 Å². The lowest BCUT2D eigenvalue weighted by Gasteiger charge is -2.13. The SMILES string of the molecule is CC(C)=CCN[C@@H](C)c1cccc(Cl)c1. The maximum absolute atomic E-state index is 5.93. The van der Waals surface area contributed by atoms with Gasteiger partial charge in [0.2, 0.25) is 0 Å². The van der Waals surface area contributed by atoms with Crippen LogP contribution in [0.4, 0.5) is 0 Å². The van der Waals surface area contributed by atoms with E-state index in [1.165, 1.54) is 11.1 Å². The highest BCUT2D eigenvalue weighted by Crippen LogP contribution is 2.16. The Bertz CT molecular complexity index is 340. The van der Waals surface area contributed by atoms with Gasteiger partial charge in [-0.05, 0) is 38.5 Å². The van der Waals surface area contributed by atoms with Crippen molar-refractivity contribution in [3.8, 4) is 0 Å². The Morgan fingerprint density at radius 3 is 2.80 bits per heavy atom. The number of halogens is 1. The second-order valence-electron chi connectivity index (χ2n) is 3.97. The molecule has 0 spiro atoms. The number of hydrogen-bond acceptors (Lipinski definition) is 1. The molecular weight excluding hydrogens is 206 g/mol. The molecule has 82 valence electrons. The molecule has 0 fully saturated rings. The van der Waals surface area contributed by atoms with Gasteiger partial charge in [-0.3, -0.25) is 0 Å². The largest absolute Gasteiger partial charge is 0.307 e. The van der Waals surface area contributed by atoms with E-state index in [0.717, 1.165) is 11.6 Å². The molecule has 0 aliphatic heterocycles. The first-order chi connectivity index (χ1) is 7.09. The fourth-order valence-corrected chi connectivity index (χ4v) is 1.53. The van der Waals surface area contributed by atoms with Crippen LogP contribution < -0.4 is 5.32 Å². The molecule has 1 atom stereocenters. The van der Waals surface area contributed by atoms with Gasteiger partial charge in [-0.2, -0.15) is 0 Å². The zero-order chi connectivity index (χ0) is 11.3. The summed E-state index contributed by atoms with van der Waals surface area (Å²) in [5.74, 6) is 0. The molecular formula is C13H18ClN. The van der Waals surface area contributed by atoms with E-state index in [1.54, 1.807) is 0 Å². The molecule has 0 radical (unpaired) electrons. The molecule has 0 aliphatic rings. The van der Waals surface area contributed by atoms with Gasteiger partial charge in [0.25, 0.3) is 0 Å². The average molecular weight is 224 g/mol. The van der Waals surface area contributed by atoms with Crippen LogP contribution in [0.2, 0.25) is 5.02 Å². The van der Waals surface area contributed by atoms with Gasteiger partial charge in [-0.15, -0.1) is 0 Å². The number of nitrogens with one attached hydrogen (secondary N) is 1. The highest BCUT2D eigenvalue weighted by molar-refractivity contribution is 6.30. The van der Waals surface area contributed by atoms with Gasteiger partial charge >= 0.3 is 0 Å². The topological polar surface area (TPSA) is 12.0 Å². The van der Waals surface area contributed by atoms with Crippen LogP contribution in [0.25, 0.3) is 0 Å². The van der Waals surface area contributed by atoms with Gasteiger partial charge in [0.05, 0.1) is 0 Å². The van der Waals surface area contributed by atoms with Crippen molar-refractivity contribution in [1.82, 2.24) is 5.32 Å². The van der Waals surface area contributed by atoms with E-state index in [-0.39, 0.29) is 0 Å². The molecule has 1 aromatic carbocycles. The molecule has 1 aromatic rings. The van der Waals surface area contributed by atoms with E-state index in [0.29, 0.717) is 6.04 Å². The van der Waals surface area contributed by atoms with Gasteiger partial charge in [0.15, 0.2) is 0 Å². The second kappa shape index (κ2) is 5.94. The Morgan fingerprint density at radius 1 is 1.47 bits per heavy atom. The number of hydrogen-bond donors (Lipinski definition) is 1. The lowest BCUT2D eigenvalue weighted by molar-refractivity contribution is 0.616. The Morgan fingerprint density at radius 2 is 2.20 bits per heavy atom. The Hall–Kier alpha value is -0.790. The molecule has 1 rings (SSSR count). The van der Waals surface area contributed by atoms with E-state index in [1.807, 2.05) is 18.2 Å². The first kappa shape index (κ1) is 12.3. The molecule has 0 amide bonds. The van der Waals surface area contributed by atoms with Crippen LogP contribution in [-0.2, 0) is 0 Å². The van der Waals surface area contributed by atoms with Crippen molar-refractivity contribution in [2.75, 3.05) is 6.54 Å². The minimum Gasteiger partial charge on any atom is -0.307 e. The minimum absolute atomic E-state index is 0.333. The van der Waals surface area contributed by atoms with Crippen LogP contribution in [0, 0.1) is 0 Å². The van der Waals surface area contributed by atoms with E-state index >= 15 is 0 Å². The van der Waals surface area contributed by atoms with E-state index in [2.05, 4.69) is 38.2 Å². The smallest absolute Gasteiger partial charge is 0.0409 e. The van der Waals surface area contributed by atoms with Crippen LogP contribution in [0.1, 0.15) is 32.4 Å². The fourth-order valence-electron chi connectivity index (χ4n) is 1.33. The summed E-state index contributed by atoms with van der Waals surface area (Å²) in [6, 6.07) is 8.30. The maximum atomic E-state index is 5.93. The highest BCUT2D eigenvalue weighted by Gasteiger charge is 2.03. The molecule has 0 heterocycles. The molecule has 2 heteroatoms. The molecule has 1 N–H and O–H groups in total. The predicted molar refractivity (Wildman–Crippen MR) is 67.3 cm³/mol. The summed E-state index contributed by atoms with van der Waals surface area (Å²) in [7, 11) is 0. The standard InChI is InChI=1S/C13H18ClN/c1-10(2)7-8-15-11(3)12-5-4-6-13(14)9-12/h4-7,9,11,15H,8H2,1-3H3/t11-/m0/s1. The average Bonchev–Trinajstić information content (AvgIpc) is 2.17. The summed E-state index contributed by atoms with van der Waals surface area (Å²) in [6.45, 7) is 7.25. The predicted octanol–water partition coefficient (Wildman–Crippen LogP) is 3.96. The van der Waals surface area contributed by atoms with Crippen molar-refractivity contribution in [3.05, 3.63) is 46.5 Å². The summed E-state index contributed by atoms with van der Waals surface area (Å²) in [4.78, 5) is 0. The normalized spacial score (nSPS) is 12.3. The monoisotopic (exact) mass is 223 g/mol. The number of benzene rings is 1. The summed E-state index contributed by atoms with van der Waals surface area (Å²) in [6.07, 6.45) is 2.18. The Kier molecular flexibility index (Phi) is 4.86. The third-order valence-corrected chi connectivity index (χ3v) is 2.52. The van der Waals surface area contributed by atoms with E-state index < -0.39 is 0 Å². The summed E-state index contributed by atoms with van der Waals surface area (Å²) in [5, 5.41) is 4.22. The highest BCUT2D eigenvalue weighted by atomic mass is 35.5. The van der Waals surface area contributed by atoms with Crippen LogP contribution in [0.5, 0.6) is 0 Å². The second-order valence-corrected chi connectivity index (χ2v) is 4.40. The molecule has 0 saturated carbocycles. The maximum Gasteiger partial charge on any atom is 0.0409 e. The summed E-state index contributed by atoms with van der Waals surface area (Å²) < 4.78 is 0. The van der Waals surface area contributed by atoms with Crippen LogP contribution in [0.3, 0.4) is 0 Å². The Balaban J connectivity index is 2.54. The molecule has 0 unspecified atom stereocenters. The van der Waals surface area contributed by atoms with Crippen molar-refractivity contribution < 1.29 is 0 Å². The zero-order valence-electron chi connectivity index (χ0n) is 9.55. The summed E-state index contributed by atoms with van der Waals surface area (Å²) >= 11 is 5.93. The number of allylic oxidation sites excluding steroid dienone is 1. The first-order valence-electron chi connectivity index (χ1n) is 5.22. The lowest BCUT2D eigenvalue weighted by atomic mass is 10.1. The minimum atomic E-state index is 0.333. The van der Waals surface area contributed by atoms with Crippen molar-refractivity contribution in [3.63, 3.8) is 0 Å².